The number of carbonyl (C=O) groups is 2. The summed E-state index contributed by atoms with van der Waals surface area (Å²) in [5.74, 6) is -0.522. The number of nitrogens with zero attached hydrogens (tertiary/aromatic N) is 2. The van der Waals surface area contributed by atoms with E-state index in [1.165, 1.54) is 24.1 Å². The molecule has 0 aromatic heterocycles. The fourth-order valence-corrected chi connectivity index (χ4v) is 6.55. The van der Waals surface area contributed by atoms with Crippen LogP contribution < -0.4 is 14.4 Å². The summed E-state index contributed by atoms with van der Waals surface area (Å²) in [6.45, 7) is 7.28. The molecule has 0 unspecified atom stereocenters. The SMILES string of the molecule is CC[C@@H](C)NC(=O)[C@@H](Cc1ccccc1)N(Cc1ccc(C)cc1)C(=O)CN(c1cc(C)ccc1OC)S(=O)(=O)c1ccccc1. The van der Waals surface area contributed by atoms with E-state index in [2.05, 4.69) is 5.32 Å². The first-order valence-corrected chi connectivity index (χ1v) is 16.9. The fraction of sp³-hybridized carbons (Fsp3) is 0.297. The van der Waals surface area contributed by atoms with Crippen LogP contribution in [0.25, 0.3) is 0 Å². The van der Waals surface area contributed by atoms with E-state index in [1.807, 2.05) is 88.4 Å². The van der Waals surface area contributed by atoms with Crippen molar-refractivity contribution in [1.82, 2.24) is 10.2 Å². The molecule has 0 aliphatic carbocycles. The monoisotopic (exact) mass is 641 g/mol. The Hall–Kier alpha value is -4.63. The number of anilines is 1. The molecule has 8 nitrogen and oxygen atoms in total. The maximum absolute atomic E-state index is 14.7. The van der Waals surface area contributed by atoms with Crippen molar-refractivity contribution < 1.29 is 22.7 Å². The lowest BCUT2D eigenvalue weighted by atomic mass is 10.0. The van der Waals surface area contributed by atoms with Crippen molar-refractivity contribution in [2.24, 2.45) is 0 Å². The molecule has 0 saturated heterocycles. The van der Waals surface area contributed by atoms with Gasteiger partial charge in [0.15, 0.2) is 0 Å². The van der Waals surface area contributed by atoms with Gasteiger partial charge in [-0.1, -0.05) is 91.3 Å². The topological polar surface area (TPSA) is 96.0 Å². The van der Waals surface area contributed by atoms with E-state index in [0.717, 1.165) is 26.6 Å². The summed E-state index contributed by atoms with van der Waals surface area (Å²) >= 11 is 0. The summed E-state index contributed by atoms with van der Waals surface area (Å²) in [6, 6.07) is 29.4. The Balaban J connectivity index is 1.84. The van der Waals surface area contributed by atoms with Gasteiger partial charge in [0.2, 0.25) is 11.8 Å². The molecule has 0 saturated carbocycles. The van der Waals surface area contributed by atoms with Gasteiger partial charge in [-0.3, -0.25) is 13.9 Å². The van der Waals surface area contributed by atoms with Crippen LogP contribution in [0.2, 0.25) is 0 Å². The van der Waals surface area contributed by atoms with Crippen molar-refractivity contribution >= 4 is 27.5 Å². The summed E-state index contributed by atoms with van der Waals surface area (Å²) < 4.78 is 35.2. The molecule has 1 N–H and O–H groups in total. The smallest absolute Gasteiger partial charge is 0.264 e. The minimum Gasteiger partial charge on any atom is -0.495 e. The number of sulfonamides is 1. The lowest BCUT2D eigenvalue weighted by Crippen LogP contribution is -2.54. The number of amides is 2. The Kier molecular flexibility index (Phi) is 11.6. The van der Waals surface area contributed by atoms with E-state index in [9.17, 15) is 18.0 Å². The second-order valence-corrected chi connectivity index (χ2v) is 13.4. The molecule has 0 bridgehead atoms. The van der Waals surface area contributed by atoms with Crippen molar-refractivity contribution in [3.63, 3.8) is 0 Å². The minimum atomic E-state index is -4.23. The summed E-state index contributed by atoms with van der Waals surface area (Å²) in [7, 11) is -2.77. The van der Waals surface area contributed by atoms with E-state index in [4.69, 9.17) is 4.74 Å². The van der Waals surface area contributed by atoms with Crippen molar-refractivity contribution in [3.8, 4) is 5.75 Å². The third-order valence-electron chi connectivity index (χ3n) is 7.96. The van der Waals surface area contributed by atoms with E-state index in [-0.39, 0.29) is 35.5 Å². The zero-order valence-corrected chi connectivity index (χ0v) is 28.0. The molecule has 0 fully saturated rings. The number of hydrogen-bond donors (Lipinski definition) is 1. The van der Waals surface area contributed by atoms with Crippen LogP contribution in [-0.2, 0) is 32.6 Å². The van der Waals surface area contributed by atoms with Crippen LogP contribution in [0.15, 0.2) is 108 Å². The summed E-state index contributed by atoms with van der Waals surface area (Å²) in [5, 5.41) is 3.06. The molecule has 4 rings (SSSR count). The van der Waals surface area contributed by atoms with Crippen molar-refractivity contribution in [2.75, 3.05) is 18.0 Å². The van der Waals surface area contributed by atoms with Gasteiger partial charge in [-0.05, 0) is 68.1 Å². The average Bonchev–Trinajstić information content (AvgIpc) is 3.06. The third-order valence-corrected chi connectivity index (χ3v) is 9.73. The third kappa shape index (κ3) is 8.54. The number of rotatable bonds is 14. The highest BCUT2D eigenvalue weighted by atomic mass is 32.2. The van der Waals surface area contributed by atoms with Crippen LogP contribution >= 0.6 is 0 Å². The predicted octanol–water partition coefficient (Wildman–Crippen LogP) is 6.06. The van der Waals surface area contributed by atoms with Crippen molar-refractivity contribution in [2.45, 2.75) is 64.1 Å². The Morgan fingerprint density at radius 3 is 2.04 bits per heavy atom. The molecule has 0 heterocycles. The number of methoxy groups -OCH3 is 1. The summed E-state index contributed by atoms with van der Waals surface area (Å²) in [5.41, 5.74) is 3.78. The van der Waals surface area contributed by atoms with Crippen LogP contribution in [-0.4, -0.2) is 50.9 Å². The van der Waals surface area contributed by atoms with Gasteiger partial charge in [0.1, 0.15) is 18.3 Å². The van der Waals surface area contributed by atoms with Crippen LogP contribution in [0.4, 0.5) is 5.69 Å². The van der Waals surface area contributed by atoms with Gasteiger partial charge < -0.3 is 15.0 Å². The first-order chi connectivity index (χ1) is 22.0. The van der Waals surface area contributed by atoms with Crippen LogP contribution in [0.1, 0.15) is 42.5 Å². The van der Waals surface area contributed by atoms with Gasteiger partial charge in [0.05, 0.1) is 17.7 Å². The normalized spacial score (nSPS) is 12.5. The van der Waals surface area contributed by atoms with E-state index in [0.29, 0.717) is 12.2 Å². The Labute approximate surface area is 273 Å². The van der Waals surface area contributed by atoms with Gasteiger partial charge in [0, 0.05) is 19.0 Å². The summed E-state index contributed by atoms with van der Waals surface area (Å²) in [4.78, 5) is 30.2. The zero-order chi connectivity index (χ0) is 33.3. The lowest BCUT2D eigenvalue weighted by Gasteiger charge is -2.34. The highest BCUT2D eigenvalue weighted by Crippen LogP contribution is 2.34. The van der Waals surface area contributed by atoms with E-state index < -0.39 is 28.5 Å². The maximum Gasteiger partial charge on any atom is 0.264 e. The van der Waals surface area contributed by atoms with Crippen LogP contribution in [0.3, 0.4) is 0 Å². The largest absolute Gasteiger partial charge is 0.495 e. The molecule has 0 radical (unpaired) electrons. The van der Waals surface area contributed by atoms with Gasteiger partial charge in [-0.15, -0.1) is 0 Å². The van der Waals surface area contributed by atoms with Gasteiger partial charge in [-0.2, -0.15) is 0 Å². The molecule has 242 valence electrons. The molecule has 2 atom stereocenters. The molecule has 9 heteroatoms. The molecule has 4 aromatic rings. The Morgan fingerprint density at radius 2 is 1.43 bits per heavy atom. The number of nitrogens with one attached hydrogen (secondary N) is 1. The Bertz CT molecular complexity index is 1710. The molecule has 0 aliphatic rings. The fourth-order valence-electron chi connectivity index (χ4n) is 5.11. The maximum atomic E-state index is 14.7. The van der Waals surface area contributed by atoms with Gasteiger partial charge in [-0.25, -0.2) is 8.42 Å². The van der Waals surface area contributed by atoms with E-state index in [1.54, 1.807) is 30.3 Å². The number of aryl methyl sites for hydroxylation is 2. The van der Waals surface area contributed by atoms with Crippen molar-refractivity contribution in [3.05, 3.63) is 125 Å². The van der Waals surface area contributed by atoms with Crippen LogP contribution in [0, 0.1) is 13.8 Å². The Morgan fingerprint density at radius 1 is 0.826 bits per heavy atom. The molecular weight excluding hydrogens is 598 g/mol. The molecule has 0 spiro atoms. The molecule has 2 amide bonds. The second-order valence-electron chi connectivity index (χ2n) is 11.5. The number of benzene rings is 4. The molecular formula is C37H43N3O5S. The van der Waals surface area contributed by atoms with E-state index >= 15 is 0 Å². The van der Waals surface area contributed by atoms with Gasteiger partial charge in [0.25, 0.3) is 10.0 Å². The summed E-state index contributed by atoms with van der Waals surface area (Å²) in [6.07, 6.45) is 0.964. The highest BCUT2D eigenvalue weighted by molar-refractivity contribution is 7.92. The number of ether oxygens (including phenoxy) is 1. The molecule has 46 heavy (non-hydrogen) atoms. The molecule has 0 aliphatic heterocycles. The number of hydrogen-bond acceptors (Lipinski definition) is 5. The standard InChI is InChI=1S/C37H43N3O5S/c1-6-29(4)38-37(42)34(24-30-13-9-7-10-14-30)39(25-31-20-17-27(2)18-21-31)36(41)26-40(33-23-28(3)19-22-35(33)45-5)46(43,44)32-15-11-8-12-16-32/h7-23,29,34H,6,24-26H2,1-5H3,(H,38,42)/t29-,34-/m1/s1. The van der Waals surface area contributed by atoms with Gasteiger partial charge >= 0.3 is 0 Å². The molecule has 4 aromatic carbocycles. The van der Waals surface area contributed by atoms with Crippen LogP contribution in [0.5, 0.6) is 5.75 Å². The average molecular weight is 642 g/mol. The lowest BCUT2D eigenvalue weighted by molar-refractivity contribution is -0.140. The second kappa shape index (κ2) is 15.6. The quantitative estimate of drug-likeness (QED) is 0.181. The minimum absolute atomic E-state index is 0.0341. The van der Waals surface area contributed by atoms with Crippen molar-refractivity contribution in [1.29, 1.82) is 0 Å². The number of carbonyl (C=O) groups excluding carboxylic acids is 2. The zero-order valence-electron chi connectivity index (χ0n) is 27.1. The first-order valence-electron chi connectivity index (χ1n) is 15.4. The predicted molar refractivity (Wildman–Crippen MR) is 182 cm³/mol. The highest BCUT2D eigenvalue weighted by Gasteiger charge is 2.35. The first kappa shape index (κ1) is 34.2.